The molecule has 8 nitrogen and oxygen atoms in total. The van der Waals surface area contributed by atoms with E-state index >= 15 is 0 Å². The summed E-state index contributed by atoms with van der Waals surface area (Å²) in [6.45, 7) is 10.4. The average molecular weight is 368 g/mol. The molecule has 0 amide bonds. The van der Waals surface area contributed by atoms with Gasteiger partial charge in [0.2, 0.25) is 0 Å². The van der Waals surface area contributed by atoms with E-state index in [9.17, 15) is 9.59 Å². The number of aliphatic hydroxyl groups excluding tert-OH is 2. The first-order chi connectivity index (χ1) is 11.1. The molecule has 0 aromatic carbocycles. The maximum absolute atomic E-state index is 10.8. The smallest absolute Gasteiger partial charge is 0.432 e. The van der Waals surface area contributed by atoms with Crippen LogP contribution in [0.1, 0.15) is 61.8 Å². The molecule has 0 fully saturated rings. The highest BCUT2D eigenvalue weighted by molar-refractivity contribution is 5.60. The SMILES string of the molecule is C.CCC(C)OC(=O)OCC(C)O.CCC(C)OC(=O)OCC(C)O. The van der Waals surface area contributed by atoms with Crippen molar-refractivity contribution in [2.24, 2.45) is 0 Å². The van der Waals surface area contributed by atoms with Crippen molar-refractivity contribution >= 4 is 12.3 Å². The molecule has 4 atom stereocenters. The van der Waals surface area contributed by atoms with Crippen molar-refractivity contribution in [2.75, 3.05) is 13.2 Å². The summed E-state index contributed by atoms with van der Waals surface area (Å²) in [6.07, 6.45) is -1.48. The van der Waals surface area contributed by atoms with Crippen molar-refractivity contribution in [1.29, 1.82) is 0 Å². The third kappa shape index (κ3) is 22.5. The molecule has 0 aliphatic rings. The molecule has 0 saturated heterocycles. The third-order valence-corrected chi connectivity index (χ3v) is 2.63. The van der Waals surface area contributed by atoms with Crippen molar-refractivity contribution in [3.8, 4) is 0 Å². The molecule has 0 radical (unpaired) electrons. The number of ether oxygens (including phenoxy) is 4. The van der Waals surface area contributed by atoms with Gasteiger partial charge in [-0.05, 0) is 40.5 Å². The van der Waals surface area contributed by atoms with Crippen LogP contribution >= 0.6 is 0 Å². The Kier molecular flexibility index (Phi) is 19.6. The number of hydrogen-bond acceptors (Lipinski definition) is 8. The maximum Gasteiger partial charge on any atom is 0.508 e. The zero-order valence-electron chi connectivity index (χ0n) is 15.5. The molecule has 2 N–H and O–H groups in total. The Morgan fingerprint density at radius 2 is 1.04 bits per heavy atom. The van der Waals surface area contributed by atoms with Gasteiger partial charge in [0.1, 0.15) is 25.4 Å². The van der Waals surface area contributed by atoms with Gasteiger partial charge >= 0.3 is 12.3 Å². The molecule has 0 heterocycles. The summed E-state index contributed by atoms with van der Waals surface area (Å²) in [4.78, 5) is 21.5. The molecule has 152 valence electrons. The first-order valence-corrected chi connectivity index (χ1v) is 8.15. The highest BCUT2D eigenvalue weighted by Crippen LogP contribution is 1.99. The fourth-order valence-electron chi connectivity index (χ4n) is 0.941. The highest BCUT2D eigenvalue weighted by Gasteiger charge is 2.10. The topological polar surface area (TPSA) is 112 Å². The van der Waals surface area contributed by atoms with E-state index in [0.717, 1.165) is 12.8 Å². The first kappa shape index (κ1) is 28.3. The van der Waals surface area contributed by atoms with Gasteiger partial charge in [-0.25, -0.2) is 9.59 Å². The van der Waals surface area contributed by atoms with Gasteiger partial charge in [-0.15, -0.1) is 0 Å². The largest absolute Gasteiger partial charge is 0.508 e. The maximum atomic E-state index is 10.8. The number of aliphatic hydroxyl groups is 2. The zero-order valence-corrected chi connectivity index (χ0v) is 15.5. The molecule has 4 unspecified atom stereocenters. The Hall–Kier alpha value is -1.54. The molecule has 0 rings (SSSR count). The van der Waals surface area contributed by atoms with E-state index in [2.05, 4.69) is 9.47 Å². The van der Waals surface area contributed by atoms with E-state index in [0.29, 0.717) is 0 Å². The molecule has 0 saturated carbocycles. The molecule has 0 spiro atoms. The fraction of sp³-hybridized carbons (Fsp3) is 0.882. The molecule has 0 aromatic heterocycles. The second-order valence-electron chi connectivity index (χ2n) is 5.49. The summed E-state index contributed by atoms with van der Waals surface area (Å²) in [6, 6.07) is 0. The van der Waals surface area contributed by atoms with E-state index in [-0.39, 0.29) is 32.8 Å². The van der Waals surface area contributed by atoms with Gasteiger partial charge in [0.15, 0.2) is 0 Å². The average Bonchev–Trinajstić information content (AvgIpc) is 2.51. The lowest BCUT2D eigenvalue weighted by Crippen LogP contribution is -2.19. The van der Waals surface area contributed by atoms with Gasteiger partial charge in [0, 0.05) is 0 Å². The Labute approximate surface area is 151 Å². The van der Waals surface area contributed by atoms with Crippen LogP contribution in [0.2, 0.25) is 0 Å². The normalized spacial score (nSPS) is 14.4. The standard InChI is InChI=1S/2C8H16O4.CH4/c2*1-4-7(3)12-8(10)11-5-6(2)9;/h2*6-7,9H,4-5H2,1-3H3;1H4. The van der Waals surface area contributed by atoms with E-state index in [1.807, 2.05) is 13.8 Å². The van der Waals surface area contributed by atoms with Crippen LogP contribution in [0.4, 0.5) is 9.59 Å². The molecule has 0 aliphatic carbocycles. The van der Waals surface area contributed by atoms with Gasteiger partial charge in [0.25, 0.3) is 0 Å². The van der Waals surface area contributed by atoms with Crippen molar-refractivity contribution in [3.05, 3.63) is 0 Å². The quantitative estimate of drug-likeness (QED) is 0.628. The van der Waals surface area contributed by atoms with Gasteiger partial charge in [-0.1, -0.05) is 21.3 Å². The van der Waals surface area contributed by atoms with Gasteiger partial charge < -0.3 is 29.2 Å². The summed E-state index contributed by atoms with van der Waals surface area (Å²) < 4.78 is 18.7. The summed E-state index contributed by atoms with van der Waals surface area (Å²) in [5.41, 5.74) is 0. The van der Waals surface area contributed by atoms with Crippen LogP contribution in [0.3, 0.4) is 0 Å². The molecule has 0 aromatic rings. The van der Waals surface area contributed by atoms with Crippen LogP contribution < -0.4 is 0 Å². The lowest BCUT2D eigenvalue weighted by Gasteiger charge is -2.11. The Morgan fingerprint density at radius 3 is 1.24 bits per heavy atom. The van der Waals surface area contributed by atoms with Gasteiger partial charge in [-0.2, -0.15) is 0 Å². The van der Waals surface area contributed by atoms with Crippen LogP contribution in [-0.4, -0.2) is 60.2 Å². The molecular formula is C17H36O8. The number of hydrogen-bond donors (Lipinski definition) is 2. The Morgan fingerprint density at radius 1 is 0.760 bits per heavy atom. The summed E-state index contributed by atoms with van der Waals surface area (Å²) in [7, 11) is 0. The first-order valence-electron chi connectivity index (χ1n) is 8.15. The Balaban J connectivity index is -0.000000372. The van der Waals surface area contributed by atoms with E-state index < -0.39 is 24.5 Å². The van der Waals surface area contributed by atoms with Crippen LogP contribution in [0, 0.1) is 0 Å². The van der Waals surface area contributed by atoms with Crippen LogP contribution in [-0.2, 0) is 18.9 Å². The van der Waals surface area contributed by atoms with Crippen molar-refractivity contribution < 1.29 is 38.7 Å². The Bertz CT molecular complexity index is 299. The monoisotopic (exact) mass is 368 g/mol. The second-order valence-corrected chi connectivity index (χ2v) is 5.49. The van der Waals surface area contributed by atoms with Crippen LogP contribution in [0.5, 0.6) is 0 Å². The van der Waals surface area contributed by atoms with Gasteiger partial charge in [-0.3, -0.25) is 0 Å². The lowest BCUT2D eigenvalue weighted by molar-refractivity contribution is 0.00456. The van der Waals surface area contributed by atoms with Crippen molar-refractivity contribution in [1.82, 2.24) is 0 Å². The minimum absolute atomic E-state index is 0. The minimum atomic E-state index is -0.717. The molecule has 8 heteroatoms. The zero-order chi connectivity index (χ0) is 19.1. The molecule has 0 bridgehead atoms. The lowest BCUT2D eigenvalue weighted by atomic mass is 10.3. The second kappa shape index (κ2) is 17.3. The van der Waals surface area contributed by atoms with Crippen LogP contribution in [0.15, 0.2) is 0 Å². The summed E-state index contributed by atoms with van der Waals surface area (Å²) >= 11 is 0. The molecular weight excluding hydrogens is 332 g/mol. The predicted molar refractivity (Wildman–Crippen MR) is 94.5 cm³/mol. The predicted octanol–water partition coefficient (Wildman–Crippen LogP) is 3.27. The van der Waals surface area contributed by atoms with E-state index in [4.69, 9.17) is 19.7 Å². The number of carbonyl (C=O) groups excluding carboxylic acids is 2. The number of carbonyl (C=O) groups is 2. The van der Waals surface area contributed by atoms with Crippen LogP contribution in [0.25, 0.3) is 0 Å². The highest BCUT2D eigenvalue weighted by atomic mass is 16.7. The third-order valence-electron chi connectivity index (χ3n) is 2.63. The fourth-order valence-corrected chi connectivity index (χ4v) is 0.941. The van der Waals surface area contributed by atoms with Crippen molar-refractivity contribution in [3.63, 3.8) is 0 Å². The van der Waals surface area contributed by atoms with Gasteiger partial charge in [0.05, 0.1) is 12.2 Å². The minimum Gasteiger partial charge on any atom is -0.432 e. The number of rotatable bonds is 8. The summed E-state index contributed by atoms with van der Waals surface area (Å²) in [5, 5.41) is 17.5. The van der Waals surface area contributed by atoms with E-state index in [1.165, 1.54) is 13.8 Å². The molecule has 0 aliphatic heterocycles. The van der Waals surface area contributed by atoms with Crippen molar-refractivity contribution in [2.45, 2.75) is 86.2 Å². The summed E-state index contributed by atoms with van der Waals surface area (Å²) in [5.74, 6) is 0. The van der Waals surface area contributed by atoms with E-state index in [1.54, 1.807) is 13.8 Å². The molecule has 25 heavy (non-hydrogen) atoms.